The molecule has 8 nitrogen and oxygen atoms in total. The van der Waals surface area contributed by atoms with Gasteiger partial charge in [-0.1, -0.05) is 6.42 Å². The number of anilines is 3. The Kier molecular flexibility index (Phi) is 5.93. The number of carbonyl (C=O) groups excluding carboxylic acids is 1. The van der Waals surface area contributed by atoms with Crippen molar-refractivity contribution < 1.29 is 13.9 Å². The second kappa shape index (κ2) is 8.39. The molecule has 6 N–H and O–H groups in total. The smallest absolute Gasteiger partial charge is 0.252 e. The zero-order valence-electron chi connectivity index (χ0n) is 15.9. The van der Waals surface area contributed by atoms with Crippen molar-refractivity contribution in [3.8, 4) is 5.88 Å². The minimum absolute atomic E-state index is 0.0303. The van der Waals surface area contributed by atoms with E-state index in [9.17, 15) is 9.18 Å². The number of rotatable bonds is 8. The molecule has 0 aliphatic heterocycles. The van der Waals surface area contributed by atoms with Crippen LogP contribution >= 0.6 is 0 Å². The zero-order valence-corrected chi connectivity index (χ0v) is 15.9. The first-order valence-corrected chi connectivity index (χ1v) is 9.18. The standard InChI is InChI=1S/C19H25FN6O2/c1-10(21)16(11-4-3-5-11)25-19-14(20)9-13(17(22)27)18(26-19)24-12-6-7-23-15(8-12)28-2/h6-11,16H,3-5,21H2,1-2H3,(H2,22,27)(H2,23,24,25,26)/t10-,16-/m0/s1. The first-order valence-electron chi connectivity index (χ1n) is 9.18. The first-order chi connectivity index (χ1) is 13.4. The zero-order chi connectivity index (χ0) is 20.3. The van der Waals surface area contributed by atoms with Crippen molar-refractivity contribution in [2.75, 3.05) is 17.7 Å². The van der Waals surface area contributed by atoms with Gasteiger partial charge in [0.25, 0.3) is 5.91 Å². The molecule has 9 heteroatoms. The summed E-state index contributed by atoms with van der Waals surface area (Å²) in [6.07, 6.45) is 4.77. The fraction of sp³-hybridized carbons (Fsp3) is 0.421. The maximum absolute atomic E-state index is 14.6. The number of hydrogen-bond acceptors (Lipinski definition) is 7. The predicted molar refractivity (Wildman–Crippen MR) is 105 cm³/mol. The van der Waals surface area contributed by atoms with E-state index in [0.717, 1.165) is 25.3 Å². The molecule has 2 aromatic heterocycles. The molecule has 0 aromatic carbocycles. The van der Waals surface area contributed by atoms with E-state index >= 15 is 0 Å². The Morgan fingerprint density at radius 2 is 2.11 bits per heavy atom. The van der Waals surface area contributed by atoms with Gasteiger partial charge >= 0.3 is 0 Å². The second-order valence-corrected chi connectivity index (χ2v) is 7.01. The molecular weight excluding hydrogens is 363 g/mol. The molecule has 0 spiro atoms. The average molecular weight is 388 g/mol. The monoisotopic (exact) mass is 388 g/mol. The number of primary amides is 1. The molecule has 0 bridgehead atoms. The van der Waals surface area contributed by atoms with Crippen LogP contribution in [0.3, 0.4) is 0 Å². The summed E-state index contributed by atoms with van der Waals surface area (Å²) in [5, 5.41) is 6.11. The Bertz CT molecular complexity index is 856. The summed E-state index contributed by atoms with van der Waals surface area (Å²) in [5.74, 6) is -0.517. The third kappa shape index (κ3) is 4.30. The highest BCUT2D eigenvalue weighted by Gasteiger charge is 2.31. The van der Waals surface area contributed by atoms with Gasteiger partial charge in [0.15, 0.2) is 11.6 Å². The van der Waals surface area contributed by atoms with E-state index in [0.29, 0.717) is 17.5 Å². The van der Waals surface area contributed by atoms with Gasteiger partial charge in [0, 0.05) is 30.0 Å². The van der Waals surface area contributed by atoms with E-state index in [1.165, 1.54) is 13.3 Å². The number of carbonyl (C=O) groups is 1. The fourth-order valence-corrected chi connectivity index (χ4v) is 3.24. The predicted octanol–water partition coefficient (Wildman–Crippen LogP) is 2.39. The number of nitrogens with two attached hydrogens (primary N) is 2. The van der Waals surface area contributed by atoms with Crippen LogP contribution in [0.15, 0.2) is 24.4 Å². The normalized spacial score (nSPS) is 16.0. The van der Waals surface area contributed by atoms with Crippen LogP contribution in [-0.4, -0.2) is 35.1 Å². The molecule has 28 heavy (non-hydrogen) atoms. The van der Waals surface area contributed by atoms with E-state index in [1.54, 1.807) is 12.1 Å². The van der Waals surface area contributed by atoms with Crippen molar-refractivity contribution in [3.05, 3.63) is 35.8 Å². The molecule has 1 saturated carbocycles. The van der Waals surface area contributed by atoms with Crippen LogP contribution in [0.2, 0.25) is 0 Å². The molecule has 0 unspecified atom stereocenters. The number of halogens is 1. The van der Waals surface area contributed by atoms with Gasteiger partial charge in [0.2, 0.25) is 5.88 Å². The molecule has 1 amide bonds. The van der Waals surface area contributed by atoms with E-state index < -0.39 is 11.7 Å². The summed E-state index contributed by atoms with van der Waals surface area (Å²) < 4.78 is 19.7. The first kappa shape index (κ1) is 19.8. The number of methoxy groups -OCH3 is 1. The van der Waals surface area contributed by atoms with Crippen molar-refractivity contribution in [1.29, 1.82) is 0 Å². The number of nitrogens with one attached hydrogen (secondary N) is 2. The number of aromatic nitrogens is 2. The van der Waals surface area contributed by atoms with Crippen molar-refractivity contribution >= 4 is 23.2 Å². The number of pyridine rings is 2. The fourth-order valence-electron chi connectivity index (χ4n) is 3.24. The molecule has 3 rings (SSSR count). The molecule has 1 fully saturated rings. The number of ether oxygens (including phenoxy) is 1. The van der Waals surface area contributed by atoms with Crippen LogP contribution in [-0.2, 0) is 0 Å². The third-order valence-corrected chi connectivity index (χ3v) is 4.98. The van der Waals surface area contributed by atoms with E-state index in [4.69, 9.17) is 16.2 Å². The quantitative estimate of drug-likeness (QED) is 0.546. The van der Waals surface area contributed by atoms with Gasteiger partial charge in [-0.2, -0.15) is 0 Å². The average Bonchev–Trinajstić information content (AvgIpc) is 2.61. The summed E-state index contributed by atoms with van der Waals surface area (Å²) in [4.78, 5) is 20.1. The van der Waals surface area contributed by atoms with Crippen LogP contribution in [0.5, 0.6) is 5.88 Å². The molecule has 2 atom stereocenters. The van der Waals surface area contributed by atoms with Crippen LogP contribution in [0.1, 0.15) is 36.5 Å². The molecule has 0 saturated heterocycles. The second-order valence-electron chi connectivity index (χ2n) is 7.01. The van der Waals surface area contributed by atoms with E-state index in [1.807, 2.05) is 6.92 Å². The molecule has 2 heterocycles. The van der Waals surface area contributed by atoms with Gasteiger partial charge in [-0.15, -0.1) is 0 Å². The number of hydrogen-bond donors (Lipinski definition) is 4. The summed E-state index contributed by atoms with van der Waals surface area (Å²) >= 11 is 0. The Morgan fingerprint density at radius 3 is 2.68 bits per heavy atom. The van der Waals surface area contributed by atoms with Gasteiger partial charge in [0.1, 0.15) is 5.82 Å². The lowest BCUT2D eigenvalue weighted by Gasteiger charge is -2.37. The van der Waals surface area contributed by atoms with E-state index in [2.05, 4.69) is 20.6 Å². The van der Waals surface area contributed by atoms with Crippen LogP contribution in [0.4, 0.5) is 21.7 Å². The molecule has 150 valence electrons. The van der Waals surface area contributed by atoms with E-state index in [-0.39, 0.29) is 29.3 Å². The van der Waals surface area contributed by atoms with Crippen LogP contribution in [0, 0.1) is 11.7 Å². The van der Waals surface area contributed by atoms with Gasteiger partial charge < -0.3 is 26.8 Å². The topological polar surface area (TPSA) is 128 Å². The highest BCUT2D eigenvalue weighted by Crippen LogP contribution is 2.33. The minimum atomic E-state index is -0.788. The maximum Gasteiger partial charge on any atom is 0.252 e. The summed E-state index contributed by atoms with van der Waals surface area (Å²) in [6.45, 7) is 1.88. The van der Waals surface area contributed by atoms with Gasteiger partial charge in [-0.3, -0.25) is 4.79 Å². The molecule has 1 aliphatic carbocycles. The highest BCUT2D eigenvalue weighted by molar-refractivity contribution is 5.98. The molecule has 0 radical (unpaired) electrons. The lowest BCUT2D eigenvalue weighted by Crippen LogP contribution is -2.46. The largest absolute Gasteiger partial charge is 0.481 e. The van der Waals surface area contributed by atoms with Crippen molar-refractivity contribution in [2.24, 2.45) is 17.4 Å². The van der Waals surface area contributed by atoms with Gasteiger partial charge in [0.05, 0.1) is 12.7 Å². The van der Waals surface area contributed by atoms with Crippen molar-refractivity contribution in [2.45, 2.75) is 38.3 Å². The minimum Gasteiger partial charge on any atom is -0.481 e. The Balaban J connectivity index is 1.93. The van der Waals surface area contributed by atoms with Crippen LogP contribution in [0.25, 0.3) is 0 Å². The molecule has 1 aliphatic rings. The highest BCUT2D eigenvalue weighted by atomic mass is 19.1. The molecular formula is C19H25FN6O2. The summed E-state index contributed by atoms with van der Waals surface area (Å²) in [7, 11) is 1.49. The van der Waals surface area contributed by atoms with Gasteiger partial charge in [-0.05, 0) is 37.8 Å². The van der Waals surface area contributed by atoms with Crippen molar-refractivity contribution in [3.63, 3.8) is 0 Å². The Hall–Kier alpha value is -2.94. The van der Waals surface area contributed by atoms with Crippen LogP contribution < -0.4 is 26.8 Å². The lowest BCUT2D eigenvalue weighted by molar-refractivity contribution is 0.100. The third-order valence-electron chi connectivity index (χ3n) is 4.98. The number of amides is 1. The Morgan fingerprint density at radius 1 is 1.36 bits per heavy atom. The SMILES string of the molecule is COc1cc(Nc2nc(N[C@H](C3CCC3)[C@H](C)N)c(F)cc2C(N)=O)ccn1. The lowest BCUT2D eigenvalue weighted by atomic mass is 9.77. The van der Waals surface area contributed by atoms with Gasteiger partial charge in [-0.25, -0.2) is 14.4 Å². The summed E-state index contributed by atoms with van der Waals surface area (Å²) in [5.41, 5.74) is 12.0. The molecule has 2 aromatic rings. The Labute approximate surface area is 162 Å². The van der Waals surface area contributed by atoms with Crippen molar-refractivity contribution in [1.82, 2.24) is 9.97 Å². The summed E-state index contributed by atoms with van der Waals surface area (Å²) in [6, 6.07) is 4.09. The number of nitrogens with zero attached hydrogens (tertiary/aromatic N) is 2. The maximum atomic E-state index is 14.6.